The van der Waals surface area contributed by atoms with Crippen LogP contribution >= 0.6 is 0 Å². The molecule has 0 saturated heterocycles. The van der Waals surface area contributed by atoms with Gasteiger partial charge in [0.2, 0.25) is 5.82 Å². The molecule has 3 unspecified atom stereocenters. The Bertz CT molecular complexity index is 1040. The van der Waals surface area contributed by atoms with Gasteiger partial charge in [-0.3, -0.25) is 4.79 Å². The summed E-state index contributed by atoms with van der Waals surface area (Å²) in [7, 11) is 0. The van der Waals surface area contributed by atoms with Crippen LogP contribution in [0.15, 0.2) is 54.6 Å². The Balaban J connectivity index is 1.40. The van der Waals surface area contributed by atoms with Crippen molar-refractivity contribution >= 4 is 5.91 Å². The Morgan fingerprint density at radius 2 is 1.83 bits per heavy atom. The number of amides is 1. The van der Waals surface area contributed by atoms with Crippen LogP contribution in [0.25, 0.3) is 5.69 Å². The van der Waals surface area contributed by atoms with Crippen LogP contribution in [0.3, 0.4) is 0 Å². The summed E-state index contributed by atoms with van der Waals surface area (Å²) in [6.07, 6.45) is 6.52. The minimum Gasteiger partial charge on any atom is -0.346 e. The van der Waals surface area contributed by atoms with E-state index in [1.165, 1.54) is 24.8 Å². The first kappa shape index (κ1) is 19.0. The highest BCUT2D eigenvalue weighted by molar-refractivity contribution is 5.90. The minimum absolute atomic E-state index is 0.138. The standard InChI is InChI=1S/C25H28N4O/c1-17-7-5-6-10-22(17)29-23(14-12-18-8-3-2-4-9-18)27-24(28-29)25(30)26-21-16-19-11-13-20(21)15-19/h2-10,19-21H,11-16H2,1H3,(H,26,30). The van der Waals surface area contributed by atoms with Crippen LogP contribution in [-0.4, -0.2) is 26.7 Å². The molecular weight excluding hydrogens is 372 g/mol. The third kappa shape index (κ3) is 3.76. The monoisotopic (exact) mass is 400 g/mol. The molecule has 1 amide bonds. The fourth-order valence-corrected chi connectivity index (χ4v) is 5.15. The summed E-state index contributed by atoms with van der Waals surface area (Å²) in [4.78, 5) is 17.7. The molecule has 30 heavy (non-hydrogen) atoms. The van der Waals surface area contributed by atoms with Crippen molar-refractivity contribution in [2.24, 2.45) is 11.8 Å². The van der Waals surface area contributed by atoms with E-state index in [9.17, 15) is 4.79 Å². The minimum atomic E-state index is -0.138. The second-order valence-corrected chi connectivity index (χ2v) is 8.79. The highest BCUT2D eigenvalue weighted by atomic mass is 16.2. The third-order valence-corrected chi connectivity index (χ3v) is 6.76. The van der Waals surface area contributed by atoms with Crippen LogP contribution in [0.4, 0.5) is 0 Å². The summed E-state index contributed by atoms with van der Waals surface area (Å²) in [6, 6.07) is 18.8. The average molecular weight is 401 g/mol. The van der Waals surface area contributed by atoms with E-state index in [1.54, 1.807) is 0 Å². The summed E-state index contributed by atoms with van der Waals surface area (Å²) in [5, 5.41) is 7.88. The van der Waals surface area contributed by atoms with Gasteiger partial charge in [-0.05, 0) is 61.6 Å². The lowest BCUT2D eigenvalue weighted by Crippen LogP contribution is -2.39. The van der Waals surface area contributed by atoms with Crippen molar-refractivity contribution in [2.75, 3.05) is 0 Å². The Hall–Kier alpha value is -2.95. The molecule has 2 aliphatic carbocycles. The number of nitrogens with zero attached hydrogens (tertiary/aromatic N) is 3. The van der Waals surface area contributed by atoms with Crippen molar-refractivity contribution in [2.45, 2.75) is 51.5 Å². The highest BCUT2D eigenvalue weighted by Crippen LogP contribution is 2.44. The lowest BCUT2D eigenvalue weighted by Gasteiger charge is -2.22. The van der Waals surface area contributed by atoms with E-state index in [0.717, 1.165) is 42.3 Å². The molecule has 1 aromatic heterocycles. The van der Waals surface area contributed by atoms with Gasteiger partial charge in [0.25, 0.3) is 5.91 Å². The van der Waals surface area contributed by atoms with Gasteiger partial charge < -0.3 is 5.32 Å². The van der Waals surface area contributed by atoms with Gasteiger partial charge >= 0.3 is 0 Å². The van der Waals surface area contributed by atoms with E-state index in [-0.39, 0.29) is 17.8 Å². The molecule has 2 bridgehead atoms. The van der Waals surface area contributed by atoms with Crippen LogP contribution in [0.1, 0.15) is 53.3 Å². The van der Waals surface area contributed by atoms with Crippen LogP contribution in [-0.2, 0) is 12.8 Å². The van der Waals surface area contributed by atoms with E-state index >= 15 is 0 Å². The number of carbonyl (C=O) groups is 1. The van der Waals surface area contributed by atoms with Gasteiger partial charge in [0.15, 0.2) is 0 Å². The number of hydrogen-bond acceptors (Lipinski definition) is 3. The Morgan fingerprint density at radius 1 is 1.03 bits per heavy atom. The maximum absolute atomic E-state index is 13.0. The van der Waals surface area contributed by atoms with Crippen molar-refractivity contribution < 1.29 is 4.79 Å². The van der Waals surface area contributed by atoms with Crippen molar-refractivity contribution in [1.82, 2.24) is 20.1 Å². The molecule has 1 N–H and O–H groups in total. The zero-order valence-electron chi connectivity index (χ0n) is 17.4. The molecule has 2 aromatic carbocycles. The lowest BCUT2D eigenvalue weighted by atomic mass is 9.95. The van der Waals surface area contributed by atoms with Crippen LogP contribution in [0, 0.1) is 18.8 Å². The number of rotatable bonds is 6. The summed E-state index contributed by atoms with van der Waals surface area (Å²) >= 11 is 0. The van der Waals surface area contributed by atoms with Crippen LogP contribution in [0.2, 0.25) is 0 Å². The smallest absolute Gasteiger partial charge is 0.291 e. The molecule has 5 heteroatoms. The number of carbonyl (C=O) groups excluding carboxylic acids is 1. The molecule has 2 fully saturated rings. The predicted octanol–water partition coefficient (Wildman–Crippen LogP) is 4.28. The van der Waals surface area contributed by atoms with Crippen molar-refractivity contribution in [3.63, 3.8) is 0 Å². The number of aromatic nitrogens is 3. The molecule has 154 valence electrons. The summed E-state index contributed by atoms with van der Waals surface area (Å²) in [5.74, 6) is 2.39. The van der Waals surface area contributed by atoms with Crippen LogP contribution in [0.5, 0.6) is 0 Å². The van der Waals surface area contributed by atoms with Crippen molar-refractivity contribution in [3.8, 4) is 5.69 Å². The SMILES string of the molecule is Cc1ccccc1-n1nc(C(=O)NC2CC3CCC2C3)nc1CCc1ccccc1. The largest absolute Gasteiger partial charge is 0.346 e. The molecule has 5 rings (SSSR count). The third-order valence-electron chi connectivity index (χ3n) is 6.76. The Labute approximate surface area is 177 Å². The topological polar surface area (TPSA) is 59.8 Å². The molecule has 0 spiro atoms. The number of nitrogens with one attached hydrogen (secondary N) is 1. The van der Waals surface area contributed by atoms with Gasteiger partial charge in [-0.15, -0.1) is 5.10 Å². The fraction of sp³-hybridized carbons (Fsp3) is 0.400. The lowest BCUT2D eigenvalue weighted by molar-refractivity contribution is 0.0912. The van der Waals surface area contributed by atoms with Crippen molar-refractivity contribution in [3.05, 3.63) is 77.4 Å². The Morgan fingerprint density at radius 3 is 2.57 bits per heavy atom. The molecule has 2 aliphatic rings. The summed E-state index contributed by atoms with van der Waals surface area (Å²) < 4.78 is 1.86. The first-order chi connectivity index (χ1) is 14.7. The van der Waals surface area contributed by atoms with Gasteiger partial charge in [-0.25, -0.2) is 9.67 Å². The maximum Gasteiger partial charge on any atom is 0.291 e. The molecule has 0 radical (unpaired) electrons. The first-order valence-electron chi connectivity index (χ1n) is 11.0. The van der Waals surface area contributed by atoms with E-state index in [4.69, 9.17) is 0 Å². The number of hydrogen-bond donors (Lipinski definition) is 1. The molecule has 3 aromatic rings. The van der Waals surface area contributed by atoms with Crippen molar-refractivity contribution in [1.29, 1.82) is 0 Å². The zero-order valence-corrected chi connectivity index (χ0v) is 17.4. The second kappa shape index (κ2) is 8.05. The number of para-hydroxylation sites is 1. The number of aryl methyl sites for hydroxylation is 3. The summed E-state index contributed by atoms with van der Waals surface area (Å²) in [6.45, 7) is 2.06. The van der Waals surface area contributed by atoms with E-state index in [0.29, 0.717) is 5.92 Å². The Kier molecular flexibility index (Phi) is 5.11. The van der Waals surface area contributed by atoms with Gasteiger partial charge in [-0.2, -0.15) is 0 Å². The fourth-order valence-electron chi connectivity index (χ4n) is 5.15. The molecule has 2 saturated carbocycles. The van der Waals surface area contributed by atoms with E-state index in [2.05, 4.69) is 52.7 Å². The molecule has 3 atom stereocenters. The van der Waals surface area contributed by atoms with Gasteiger partial charge in [-0.1, -0.05) is 55.0 Å². The average Bonchev–Trinajstić information content (AvgIpc) is 3.49. The van der Waals surface area contributed by atoms with Gasteiger partial charge in [0, 0.05) is 12.5 Å². The first-order valence-corrected chi connectivity index (χ1v) is 11.0. The quantitative estimate of drug-likeness (QED) is 0.672. The zero-order chi connectivity index (χ0) is 20.5. The van der Waals surface area contributed by atoms with E-state index in [1.807, 2.05) is 28.9 Å². The molecule has 1 heterocycles. The van der Waals surface area contributed by atoms with Crippen LogP contribution < -0.4 is 5.32 Å². The highest BCUT2D eigenvalue weighted by Gasteiger charge is 2.40. The van der Waals surface area contributed by atoms with Gasteiger partial charge in [0.05, 0.1) is 5.69 Å². The number of benzene rings is 2. The predicted molar refractivity (Wildman–Crippen MR) is 117 cm³/mol. The maximum atomic E-state index is 13.0. The van der Waals surface area contributed by atoms with E-state index < -0.39 is 0 Å². The summed E-state index contributed by atoms with van der Waals surface area (Å²) in [5.41, 5.74) is 3.35. The molecule has 0 aliphatic heterocycles. The number of fused-ring (bicyclic) bond motifs is 2. The normalized spacial score (nSPS) is 22.4. The van der Waals surface area contributed by atoms with Gasteiger partial charge in [0.1, 0.15) is 5.82 Å². The second-order valence-electron chi connectivity index (χ2n) is 8.79. The molecule has 5 nitrogen and oxygen atoms in total. The molecular formula is C25H28N4O.